The normalized spacial score (nSPS) is 16.9. The maximum atomic E-state index is 12.9. The molecule has 6 heteroatoms. The van der Waals surface area contributed by atoms with E-state index in [1.807, 2.05) is 91.5 Å². The number of hydrogen-bond donors (Lipinski definition) is 1. The molecule has 5 rings (SSSR count). The highest BCUT2D eigenvalue weighted by Crippen LogP contribution is 2.33. The molecule has 0 saturated carbocycles. The molecule has 0 aliphatic carbocycles. The number of anilines is 1. The number of carbonyl (C=O) groups excluding carboxylic acids is 1. The number of carbonyl (C=O) groups is 1. The monoisotopic (exact) mass is 455 g/mol. The highest BCUT2D eigenvalue weighted by molar-refractivity contribution is 5.96. The van der Waals surface area contributed by atoms with Crippen molar-refractivity contribution >= 4 is 22.6 Å². The zero-order chi connectivity index (χ0) is 23.7. The van der Waals surface area contributed by atoms with Crippen molar-refractivity contribution in [1.82, 2.24) is 9.55 Å². The number of imidazole rings is 1. The van der Waals surface area contributed by atoms with E-state index in [1.165, 1.54) is 0 Å². The lowest BCUT2D eigenvalue weighted by atomic mass is 10.1. The van der Waals surface area contributed by atoms with Crippen LogP contribution in [-0.2, 0) is 11.3 Å². The van der Waals surface area contributed by atoms with Crippen LogP contribution in [0.4, 0.5) is 5.69 Å². The molecule has 174 valence electrons. The maximum absolute atomic E-state index is 12.9. The first kappa shape index (κ1) is 22.2. The fourth-order valence-electron chi connectivity index (χ4n) is 4.54. The van der Waals surface area contributed by atoms with E-state index in [-0.39, 0.29) is 18.4 Å². The molecule has 0 spiro atoms. The third-order valence-electron chi connectivity index (χ3n) is 6.38. The molecule has 1 amide bonds. The minimum Gasteiger partial charge on any atom is -0.491 e. The molecule has 0 unspecified atom stereocenters. The van der Waals surface area contributed by atoms with E-state index in [0.717, 1.165) is 39.4 Å². The Bertz CT molecular complexity index is 1290. The molecule has 1 aliphatic rings. The van der Waals surface area contributed by atoms with Gasteiger partial charge in [0.1, 0.15) is 24.3 Å². The predicted molar refractivity (Wildman–Crippen MR) is 133 cm³/mol. The zero-order valence-electron chi connectivity index (χ0n) is 19.5. The second-order valence-corrected chi connectivity index (χ2v) is 9.09. The summed E-state index contributed by atoms with van der Waals surface area (Å²) in [6.45, 7) is 5.15. The van der Waals surface area contributed by atoms with Crippen LogP contribution in [0.5, 0.6) is 5.75 Å². The summed E-state index contributed by atoms with van der Waals surface area (Å²) in [5.74, 6) is 1.61. The van der Waals surface area contributed by atoms with E-state index in [0.29, 0.717) is 19.5 Å². The number of aryl methyl sites for hydroxylation is 2. The number of ether oxygens (including phenoxy) is 1. The highest BCUT2D eigenvalue weighted by atomic mass is 16.5. The molecule has 2 heterocycles. The smallest absolute Gasteiger partial charge is 0.227 e. The van der Waals surface area contributed by atoms with E-state index in [9.17, 15) is 9.90 Å². The average molecular weight is 456 g/mol. The summed E-state index contributed by atoms with van der Waals surface area (Å²) in [5, 5.41) is 10.8. The number of rotatable bonds is 7. The quantitative estimate of drug-likeness (QED) is 0.442. The third-order valence-corrected chi connectivity index (χ3v) is 6.38. The van der Waals surface area contributed by atoms with Crippen LogP contribution in [0.1, 0.15) is 29.3 Å². The van der Waals surface area contributed by atoms with Crippen molar-refractivity contribution < 1.29 is 14.6 Å². The van der Waals surface area contributed by atoms with Crippen LogP contribution in [0.15, 0.2) is 72.8 Å². The van der Waals surface area contributed by atoms with Crippen molar-refractivity contribution in [2.45, 2.75) is 38.8 Å². The lowest BCUT2D eigenvalue weighted by Crippen LogP contribution is -2.26. The number of aliphatic hydroxyl groups is 1. The van der Waals surface area contributed by atoms with Crippen molar-refractivity contribution in [3.05, 3.63) is 89.7 Å². The summed E-state index contributed by atoms with van der Waals surface area (Å²) in [4.78, 5) is 19.6. The summed E-state index contributed by atoms with van der Waals surface area (Å²) in [6, 6.07) is 23.7. The molecule has 34 heavy (non-hydrogen) atoms. The summed E-state index contributed by atoms with van der Waals surface area (Å²) in [5.41, 5.74) is 5.05. The number of benzene rings is 3. The van der Waals surface area contributed by atoms with Crippen LogP contribution < -0.4 is 9.64 Å². The Kier molecular flexibility index (Phi) is 6.07. The van der Waals surface area contributed by atoms with Crippen LogP contribution in [0.25, 0.3) is 11.0 Å². The SMILES string of the molecule is Cc1ccc(OC[C@H](O)Cn2c([C@@H]3CC(=O)N(c4ccc(C)cc4)C3)nc3ccccc32)cc1. The van der Waals surface area contributed by atoms with Crippen molar-refractivity contribution in [3.8, 4) is 5.75 Å². The molecule has 1 N–H and O–H groups in total. The van der Waals surface area contributed by atoms with Gasteiger partial charge in [0, 0.05) is 24.6 Å². The molecule has 1 saturated heterocycles. The van der Waals surface area contributed by atoms with Gasteiger partial charge < -0.3 is 19.3 Å². The number of aliphatic hydroxyl groups excluding tert-OH is 1. The molecular formula is C28H29N3O3. The highest BCUT2D eigenvalue weighted by Gasteiger charge is 2.35. The van der Waals surface area contributed by atoms with Crippen LogP contribution in [-0.4, -0.2) is 39.8 Å². The summed E-state index contributed by atoms with van der Waals surface area (Å²) in [7, 11) is 0. The molecule has 0 radical (unpaired) electrons. The lowest BCUT2D eigenvalue weighted by Gasteiger charge is -2.19. The van der Waals surface area contributed by atoms with Gasteiger partial charge in [-0.05, 0) is 50.2 Å². The first-order valence-electron chi connectivity index (χ1n) is 11.7. The maximum Gasteiger partial charge on any atom is 0.227 e. The molecular weight excluding hydrogens is 426 g/mol. The van der Waals surface area contributed by atoms with E-state index < -0.39 is 6.10 Å². The molecule has 2 atom stereocenters. The van der Waals surface area contributed by atoms with Crippen LogP contribution in [0.2, 0.25) is 0 Å². The van der Waals surface area contributed by atoms with Gasteiger partial charge in [-0.25, -0.2) is 4.98 Å². The fourth-order valence-corrected chi connectivity index (χ4v) is 4.54. The summed E-state index contributed by atoms with van der Waals surface area (Å²) in [6.07, 6.45) is -0.323. The summed E-state index contributed by atoms with van der Waals surface area (Å²) >= 11 is 0. The Morgan fingerprint density at radius 2 is 1.68 bits per heavy atom. The van der Waals surface area contributed by atoms with E-state index >= 15 is 0 Å². The molecule has 3 aromatic carbocycles. The van der Waals surface area contributed by atoms with Crippen molar-refractivity contribution in [1.29, 1.82) is 0 Å². The largest absolute Gasteiger partial charge is 0.491 e. The van der Waals surface area contributed by atoms with Gasteiger partial charge >= 0.3 is 0 Å². The molecule has 1 fully saturated rings. The number of hydrogen-bond acceptors (Lipinski definition) is 4. The standard InChI is InChI=1S/C28H29N3O3/c1-19-7-11-22(12-8-19)30-16-21(15-27(30)33)28-29-25-5-3-4-6-26(25)31(28)17-23(32)18-34-24-13-9-20(2)10-14-24/h3-14,21,23,32H,15-18H2,1-2H3/t21-,23-/m1/s1. The van der Waals surface area contributed by atoms with Crippen molar-refractivity contribution in [2.24, 2.45) is 0 Å². The molecule has 4 aromatic rings. The van der Waals surface area contributed by atoms with Gasteiger partial charge in [-0.1, -0.05) is 47.5 Å². The zero-order valence-corrected chi connectivity index (χ0v) is 19.5. The number of aromatic nitrogens is 2. The Balaban J connectivity index is 1.37. The number of amides is 1. The lowest BCUT2D eigenvalue weighted by molar-refractivity contribution is -0.117. The first-order valence-corrected chi connectivity index (χ1v) is 11.7. The van der Waals surface area contributed by atoms with Crippen LogP contribution in [0.3, 0.4) is 0 Å². The second-order valence-electron chi connectivity index (χ2n) is 9.09. The minimum absolute atomic E-state index is 0.0496. The molecule has 1 aliphatic heterocycles. The van der Waals surface area contributed by atoms with Crippen molar-refractivity contribution in [3.63, 3.8) is 0 Å². The van der Waals surface area contributed by atoms with E-state index in [1.54, 1.807) is 0 Å². The van der Waals surface area contributed by atoms with Crippen LogP contribution >= 0.6 is 0 Å². The topological polar surface area (TPSA) is 67.6 Å². The third kappa shape index (κ3) is 4.54. The molecule has 6 nitrogen and oxygen atoms in total. The molecule has 1 aromatic heterocycles. The Morgan fingerprint density at radius 3 is 2.41 bits per heavy atom. The Hall–Kier alpha value is -3.64. The number of nitrogens with zero attached hydrogens (tertiary/aromatic N) is 3. The van der Waals surface area contributed by atoms with Gasteiger partial charge in [-0.3, -0.25) is 4.79 Å². The first-order chi connectivity index (χ1) is 16.5. The Morgan fingerprint density at radius 1 is 1.00 bits per heavy atom. The fraction of sp³-hybridized carbons (Fsp3) is 0.286. The van der Waals surface area contributed by atoms with Crippen LogP contribution in [0, 0.1) is 13.8 Å². The second kappa shape index (κ2) is 9.31. The van der Waals surface area contributed by atoms with Gasteiger partial charge in [0.25, 0.3) is 0 Å². The van der Waals surface area contributed by atoms with E-state index in [4.69, 9.17) is 9.72 Å². The number of para-hydroxylation sites is 2. The van der Waals surface area contributed by atoms with Gasteiger partial charge in [0.05, 0.1) is 17.6 Å². The van der Waals surface area contributed by atoms with Gasteiger partial charge in [-0.15, -0.1) is 0 Å². The minimum atomic E-state index is -0.719. The van der Waals surface area contributed by atoms with Gasteiger partial charge in [0.2, 0.25) is 5.91 Å². The summed E-state index contributed by atoms with van der Waals surface area (Å²) < 4.78 is 7.86. The predicted octanol–water partition coefficient (Wildman–Crippen LogP) is 4.61. The molecule has 0 bridgehead atoms. The van der Waals surface area contributed by atoms with Gasteiger partial charge in [-0.2, -0.15) is 0 Å². The van der Waals surface area contributed by atoms with Gasteiger partial charge in [0.15, 0.2) is 0 Å². The van der Waals surface area contributed by atoms with E-state index in [2.05, 4.69) is 4.57 Å². The average Bonchev–Trinajstić information content (AvgIpc) is 3.40. The number of fused-ring (bicyclic) bond motifs is 1. The Labute approximate surface area is 199 Å². The van der Waals surface area contributed by atoms with Crippen molar-refractivity contribution in [2.75, 3.05) is 18.1 Å².